The number of carbonyl (C=O) groups excluding carboxylic acids is 2. The van der Waals surface area contributed by atoms with Gasteiger partial charge in [-0.15, -0.1) is 0 Å². The Morgan fingerprint density at radius 1 is 1.38 bits per heavy atom. The molecule has 3 atom stereocenters. The maximum absolute atomic E-state index is 11.8. The summed E-state index contributed by atoms with van der Waals surface area (Å²) < 4.78 is 30.6. The van der Waals surface area contributed by atoms with Crippen molar-refractivity contribution in [1.29, 1.82) is 5.26 Å². The van der Waals surface area contributed by atoms with Crippen LogP contribution < -0.4 is 5.32 Å². The number of amides is 1. The highest BCUT2D eigenvalue weighted by atomic mass is 31.2. The van der Waals surface area contributed by atoms with Crippen LogP contribution in [0.5, 0.6) is 0 Å². The second-order valence-electron chi connectivity index (χ2n) is 5.67. The van der Waals surface area contributed by atoms with E-state index in [0.29, 0.717) is 0 Å². The molecule has 0 aromatic heterocycles. The number of ether oxygens (including phenoxy) is 2. The summed E-state index contributed by atoms with van der Waals surface area (Å²) in [6.07, 6.45) is -2.30. The average Bonchev–Trinajstić information content (AvgIpc) is 2.41. The molecule has 0 fully saturated rings. The summed E-state index contributed by atoms with van der Waals surface area (Å²) in [6.45, 7) is 5.84. The first-order valence-electron chi connectivity index (χ1n) is 7.02. The van der Waals surface area contributed by atoms with E-state index in [4.69, 9.17) is 14.5 Å². The van der Waals surface area contributed by atoms with Gasteiger partial charge in [-0.05, 0) is 27.7 Å². The van der Waals surface area contributed by atoms with E-state index in [2.05, 4.69) is 14.6 Å². The lowest BCUT2D eigenvalue weighted by molar-refractivity contribution is -0.145. The summed E-state index contributed by atoms with van der Waals surface area (Å²) in [6, 6.07) is 0.333. The van der Waals surface area contributed by atoms with Crippen LogP contribution in [0, 0.1) is 11.3 Å². The number of carbonyl (C=O) groups is 2. The van der Waals surface area contributed by atoms with Crippen molar-refractivity contribution < 1.29 is 37.6 Å². The van der Waals surface area contributed by atoms with E-state index in [0.717, 1.165) is 7.11 Å². The van der Waals surface area contributed by atoms with E-state index in [1.807, 2.05) is 0 Å². The Bertz CT molecular complexity index is 525. The van der Waals surface area contributed by atoms with Crippen LogP contribution in [0.2, 0.25) is 0 Å². The fourth-order valence-electron chi connectivity index (χ4n) is 1.44. The summed E-state index contributed by atoms with van der Waals surface area (Å²) in [7, 11) is -3.43. The monoisotopic (exact) mass is 366 g/mol. The van der Waals surface area contributed by atoms with Crippen molar-refractivity contribution in [2.45, 2.75) is 51.9 Å². The number of alkyl carbamates (subject to hydrolysis) is 1. The number of esters is 1. The highest BCUT2D eigenvalue weighted by molar-refractivity contribution is 7.47. The van der Waals surface area contributed by atoms with E-state index >= 15 is 0 Å². The second-order valence-corrected chi connectivity index (χ2v) is 7.07. The van der Waals surface area contributed by atoms with E-state index < -0.39 is 37.6 Å². The zero-order chi connectivity index (χ0) is 19.0. The van der Waals surface area contributed by atoms with Gasteiger partial charge in [0.1, 0.15) is 5.60 Å². The van der Waals surface area contributed by atoms with Crippen LogP contribution in [0.1, 0.15) is 34.1 Å². The lowest BCUT2D eigenvalue weighted by Crippen LogP contribution is -2.50. The Morgan fingerprint density at radius 2 is 1.96 bits per heavy atom. The predicted molar refractivity (Wildman–Crippen MR) is 81.7 cm³/mol. The van der Waals surface area contributed by atoms with Gasteiger partial charge >= 0.3 is 19.9 Å². The molecule has 0 aliphatic carbocycles. The molecule has 0 aromatic carbocycles. The highest BCUT2D eigenvalue weighted by Crippen LogP contribution is 2.45. The fraction of sp³-hybridized carbons (Fsp3) is 0.769. The minimum absolute atomic E-state index is 0.112. The van der Waals surface area contributed by atoms with Crippen LogP contribution >= 0.6 is 7.82 Å². The summed E-state index contributed by atoms with van der Waals surface area (Å²) in [5.41, 5.74) is -0.804. The summed E-state index contributed by atoms with van der Waals surface area (Å²) in [5, 5.41) is 10.6. The van der Waals surface area contributed by atoms with Gasteiger partial charge in [0.2, 0.25) is 0 Å². The van der Waals surface area contributed by atoms with Gasteiger partial charge in [-0.25, -0.2) is 14.2 Å². The van der Waals surface area contributed by atoms with Crippen molar-refractivity contribution in [3.05, 3.63) is 0 Å². The second kappa shape index (κ2) is 9.59. The lowest BCUT2D eigenvalue weighted by Gasteiger charge is -2.26. The summed E-state index contributed by atoms with van der Waals surface area (Å²) >= 11 is 0. The van der Waals surface area contributed by atoms with Crippen molar-refractivity contribution in [2.24, 2.45) is 0 Å². The third-order valence-corrected chi connectivity index (χ3v) is 3.47. The van der Waals surface area contributed by atoms with Crippen molar-refractivity contribution in [3.63, 3.8) is 0 Å². The molecule has 0 radical (unpaired) electrons. The van der Waals surface area contributed by atoms with Crippen molar-refractivity contribution in [2.75, 3.05) is 13.7 Å². The first kappa shape index (κ1) is 22.3. The largest absolute Gasteiger partial charge is 0.472 e. The third-order valence-electron chi connectivity index (χ3n) is 2.36. The maximum Gasteiger partial charge on any atom is 0.472 e. The molecule has 0 rings (SSSR count). The quantitative estimate of drug-likeness (QED) is 0.371. The van der Waals surface area contributed by atoms with Gasteiger partial charge in [-0.1, -0.05) is 0 Å². The van der Waals surface area contributed by atoms with Crippen LogP contribution in [0.4, 0.5) is 4.79 Å². The number of nitriles is 1. The van der Waals surface area contributed by atoms with Crippen molar-refractivity contribution >= 4 is 19.9 Å². The Labute approximate surface area is 140 Å². The number of nitrogens with one attached hydrogen (secondary N) is 1. The lowest BCUT2D eigenvalue weighted by atomic mass is 10.2. The molecule has 0 aliphatic heterocycles. The molecule has 0 aliphatic rings. The number of phosphoric ester groups is 1. The molecule has 0 heterocycles. The summed E-state index contributed by atoms with van der Waals surface area (Å²) in [4.78, 5) is 33.1. The standard InChI is InChI=1S/C13H23N2O8P/c1-9(23-24(18,19)21-8-6-7-14)10(11(16)20-5)15-12(17)22-13(2,3)4/h9-10H,6,8H2,1-5H3,(H,15,17)(H,18,19)/t9?,10-/m0/s1. The first-order chi connectivity index (χ1) is 10.9. The molecule has 0 aromatic rings. The molecule has 10 nitrogen and oxygen atoms in total. The fourth-order valence-corrected chi connectivity index (χ4v) is 2.36. The normalized spacial score (nSPS) is 16.2. The number of phosphoric acid groups is 1. The Morgan fingerprint density at radius 3 is 2.42 bits per heavy atom. The molecular weight excluding hydrogens is 343 g/mol. The molecule has 2 N–H and O–H groups in total. The van der Waals surface area contributed by atoms with Gasteiger partial charge in [-0.3, -0.25) is 9.05 Å². The zero-order valence-electron chi connectivity index (χ0n) is 14.3. The minimum atomic E-state index is -4.52. The van der Waals surface area contributed by atoms with Crippen molar-refractivity contribution in [3.8, 4) is 6.07 Å². The van der Waals surface area contributed by atoms with E-state index in [9.17, 15) is 19.0 Å². The molecule has 138 valence electrons. The van der Waals surface area contributed by atoms with Gasteiger partial charge in [0.15, 0.2) is 6.04 Å². The predicted octanol–water partition coefficient (Wildman–Crippen LogP) is 1.49. The van der Waals surface area contributed by atoms with E-state index in [-0.39, 0.29) is 13.0 Å². The Kier molecular flexibility index (Phi) is 8.93. The molecule has 0 spiro atoms. The van der Waals surface area contributed by atoms with E-state index in [1.165, 1.54) is 6.92 Å². The number of rotatable bonds is 8. The van der Waals surface area contributed by atoms with E-state index in [1.54, 1.807) is 26.8 Å². The van der Waals surface area contributed by atoms with Crippen LogP contribution in [-0.2, 0) is 27.9 Å². The molecular formula is C13H23N2O8P. The summed E-state index contributed by atoms with van der Waals surface area (Å²) in [5.74, 6) is -0.898. The number of hydrogen-bond donors (Lipinski definition) is 2. The third kappa shape index (κ3) is 9.47. The number of nitrogens with zero attached hydrogens (tertiary/aromatic N) is 1. The van der Waals surface area contributed by atoms with Gasteiger partial charge < -0.3 is 19.7 Å². The molecule has 0 bridgehead atoms. The zero-order valence-corrected chi connectivity index (χ0v) is 15.2. The van der Waals surface area contributed by atoms with Crippen LogP contribution in [0.15, 0.2) is 0 Å². The van der Waals surface area contributed by atoms with Gasteiger partial charge in [0.05, 0.1) is 32.3 Å². The number of hydrogen-bond acceptors (Lipinski definition) is 8. The van der Waals surface area contributed by atoms with Gasteiger partial charge in [-0.2, -0.15) is 5.26 Å². The van der Waals surface area contributed by atoms with Gasteiger partial charge in [0.25, 0.3) is 0 Å². The Hall–Kier alpha value is -1.66. The van der Waals surface area contributed by atoms with Crippen molar-refractivity contribution in [1.82, 2.24) is 5.32 Å². The minimum Gasteiger partial charge on any atom is -0.467 e. The smallest absolute Gasteiger partial charge is 0.467 e. The molecule has 0 saturated heterocycles. The molecule has 0 saturated carbocycles. The molecule has 2 unspecified atom stereocenters. The Balaban J connectivity index is 4.92. The highest BCUT2D eigenvalue weighted by Gasteiger charge is 2.35. The topological polar surface area (TPSA) is 144 Å². The van der Waals surface area contributed by atoms with Gasteiger partial charge in [0, 0.05) is 0 Å². The van der Waals surface area contributed by atoms with Crippen LogP contribution in [0.3, 0.4) is 0 Å². The number of methoxy groups -OCH3 is 1. The van der Waals surface area contributed by atoms with Crippen LogP contribution in [-0.4, -0.2) is 48.4 Å². The molecule has 1 amide bonds. The molecule has 24 heavy (non-hydrogen) atoms. The average molecular weight is 366 g/mol. The first-order valence-corrected chi connectivity index (χ1v) is 8.51. The maximum atomic E-state index is 11.8. The SMILES string of the molecule is COC(=O)[C@@H](NC(=O)OC(C)(C)C)C(C)OP(=O)(O)OCCC#N. The van der Waals surface area contributed by atoms with Crippen LogP contribution in [0.25, 0.3) is 0 Å². The molecule has 11 heteroatoms.